The zero-order chi connectivity index (χ0) is 27.6. The van der Waals surface area contributed by atoms with Crippen LogP contribution in [0.2, 0.25) is 0 Å². The van der Waals surface area contributed by atoms with E-state index in [0.717, 1.165) is 11.1 Å². The average Bonchev–Trinajstić information content (AvgIpc) is 3.23. The Bertz CT molecular complexity index is 1610. The highest BCUT2D eigenvalue weighted by atomic mass is 16.5. The molecule has 0 saturated carbocycles. The van der Waals surface area contributed by atoms with Crippen molar-refractivity contribution in [1.29, 1.82) is 0 Å². The Kier molecular flexibility index (Phi) is 7.80. The molecule has 0 radical (unpaired) electrons. The maximum absolute atomic E-state index is 13.6. The number of carbonyl (C=O) groups excluding carboxylic acids is 2. The predicted molar refractivity (Wildman–Crippen MR) is 145 cm³/mol. The number of rotatable bonds is 10. The molecule has 2 heterocycles. The summed E-state index contributed by atoms with van der Waals surface area (Å²) in [4.78, 5) is 52.9. The highest BCUT2D eigenvalue weighted by Gasteiger charge is 2.21. The van der Waals surface area contributed by atoms with Crippen molar-refractivity contribution in [1.82, 2.24) is 24.1 Å². The fraction of sp³-hybridized carbons (Fsp3) is 0.393. The number of benzene rings is 2. The van der Waals surface area contributed by atoms with E-state index in [1.165, 1.54) is 22.1 Å². The Hall–Kier alpha value is -4.21. The van der Waals surface area contributed by atoms with E-state index in [2.05, 4.69) is 10.4 Å². The lowest BCUT2D eigenvalue weighted by molar-refractivity contribution is 0.0937. The number of ether oxygens (including phenoxy) is 1. The van der Waals surface area contributed by atoms with Gasteiger partial charge in [-0.3, -0.25) is 19.0 Å². The monoisotopic (exact) mass is 519 g/mol. The molecule has 0 aliphatic heterocycles. The third-order valence-corrected chi connectivity index (χ3v) is 6.67. The molecule has 4 rings (SSSR count). The minimum atomic E-state index is -0.565. The molecule has 1 N–H and O–H groups in total. The van der Waals surface area contributed by atoms with Crippen LogP contribution in [0.4, 0.5) is 0 Å². The second-order valence-electron chi connectivity index (χ2n) is 9.88. The van der Waals surface area contributed by atoms with Crippen molar-refractivity contribution in [2.45, 2.75) is 59.7 Å². The number of Topliss-reactive ketones (excluding diaryl/α,β-unsaturated/α-hetero) is 1. The summed E-state index contributed by atoms with van der Waals surface area (Å²) in [5.74, 6) is 0.450. The van der Waals surface area contributed by atoms with Gasteiger partial charge in [0.1, 0.15) is 12.3 Å². The molecule has 0 aliphatic carbocycles. The molecular formula is C28H33N5O5. The first kappa shape index (κ1) is 26.8. The van der Waals surface area contributed by atoms with E-state index in [4.69, 9.17) is 4.74 Å². The van der Waals surface area contributed by atoms with Crippen LogP contribution in [-0.2, 0) is 13.1 Å². The number of methoxy groups -OCH3 is 1. The zero-order valence-corrected chi connectivity index (χ0v) is 22.4. The van der Waals surface area contributed by atoms with E-state index in [9.17, 15) is 19.2 Å². The first-order valence-corrected chi connectivity index (χ1v) is 12.8. The standard InChI is InChI=1S/C28H33N5O5/c1-6-18(4)29-25(35)20-9-12-22-23(15-20)33-27(31(26(22)36)14-13-17(2)3)30-32(28(33)37)16-24(34)19-7-10-21(38-5)11-8-19/h7-12,15,17-18H,6,13-14,16H2,1-5H3,(H,29,35)/t18-/m0/s1. The van der Waals surface area contributed by atoms with Crippen molar-refractivity contribution in [2.75, 3.05) is 7.11 Å². The van der Waals surface area contributed by atoms with E-state index in [-0.39, 0.29) is 41.1 Å². The minimum Gasteiger partial charge on any atom is -0.497 e. The van der Waals surface area contributed by atoms with Gasteiger partial charge >= 0.3 is 5.69 Å². The lowest BCUT2D eigenvalue weighted by Gasteiger charge is -2.13. The van der Waals surface area contributed by atoms with Crippen LogP contribution in [-0.4, -0.2) is 43.6 Å². The van der Waals surface area contributed by atoms with E-state index in [1.807, 2.05) is 27.7 Å². The van der Waals surface area contributed by atoms with Gasteiger partial charge in [0.2, 0.25) is 5.78 Å². The van der Waals surface area contributed by atoms with Crippen LogP contribution in [0.25, 0.3) is 16.7 Å². The van der Waals surface area contributed by atoms with E-state index in [1.54, 1.807) is 36.4 Å². The van der Waals surface area contributed by atoms with Crippen molar-refractivity contribution in [3.8, 4) is 5.75 Å². The Labute approximate surface area is 219 Å². The van der Waals surface area contributed by atoms with Gasteiger partial charge in [0.15, 0.2) is 5.78 Å². The van der Waals surface area contributed by atoms with E-state index < -0.39 is 5.69 Å². The van der Waals surface area contributed by atoms with Crippen LogP contribution < -0.4 is 21.3 Å². The molecule has 1 atom stereocenters. The van der Waals surface area contributed by atoms with Gasteiger partial charge in [0.05, 0.1) is 18.0 Å². The van der Waals surface area contributed by atoms with Crippen molar-refractivity contribution in [2.24, 2.45) is 5.92 Å². The largest absolute Gasteiger partial charge is 0.497 e. The first-order chi connectivity index (χ1) is 18.1. The van der Waals surface area contributed by atoms with Gasteiger partial charge in [-0.25, -0.2) is 13.9 Å². The van der Waals surface area contributed by atoms with Crippen LogP contribution in [0, 0.1) is 5.92 Å². The van der Waals surface area contributed by atoms with Crippen molar-refractivity contribution >= 4 is 28.4 Å². The van der Waals surface area contributed by atoms with Crippen LogP contribution in [0.5, 0.6) is 5.75 Å². The summed E-state index contributed by atoms with van der Waals surface area (Å²) in [5, 5.41) is 7.62. The van der Waals surface area contributed by atoms with Crippen molar-refractivity contribution in [3.05, 3.63) is 74.4 Å². The summed E-state index contributed by atoms with van der Waals surface area (Å²) >= 11 is 0. The van der Waals surface area contributed by atoms with Crippen LogP contribution in [0.1, 0.15) is 61.3 Å². The Morgan fingerprint density at radius 3 is 2.34 bits per heavy atom. The minimum absolute atomic E-state index is 0.0308. The molecule has 0 saturated heterocycles. The topological polar surface area (TPSA) is 117 Å². The smallest absolute Gasteiger partial charge is 0.352 e. The lowest BCUT2D eigenvalue weighted by atomic mass is 10.1. The van der Waals surface area contributed by atoms with E-state index in [0.29, 0.717) is 41.1 Å². The molecule has 10 nitrogen and oxygen atoms in total. The molecule has 0 aliphatic rings. The molecule has 10 heteroatoms. The second kappa shape index (κ2) is 11.0. The SMILES string of the molecule is CC[C@H](C)NC(=O)c1ccc2c(=O)n(CCC(C)C)c3nn(CC(=O)c4ccc(OC)cc4)c(=O)n3c2c1. The first-order valence-electron chi connectivity index (χ1n) is 12.8. The number of aromatic nitrogens is 4. The number of hydrogen-bond acceptors (Lipinski definition) is 6. The van der Waals surface area contributed by atoms with E-state index >= 15 is 0 Å². The number of fused-ring (bicyclic) bond motifs is 3. The number of nitrogens with one attached hydrogen (secondary N) is 1. The fourth-order valence-corrected chi connectivity index (χ4v) is 4.16. The molecule has 0 spiro atoms. The summed E-state index contributed by atoms with van der Waals surface area (Å²) in [7, 11) is 1.54. The van der Waals surface area contributed by atoms with Crippen molar-refractivity contribution in [3.63, 3.8) is 0 Å². The number of carbonyl (C=O) groups is 2. The van der Waals surface area contributed by atoms with Gasteiger partial charge in [0, 0.05) is 23.7 Å². The number of aryl methyl sites for hydroxylation is 1. The average molecular weight is 520 g/mol. The third-order valence-electron chi connectivity index (χ3n) is 6.67. The van der Waals surface area contributed by atoms with Gasteiger partial charge in [-0.15, -0.1) is 5.10 Å². The highest BCUT2D eigenvalue weighted by molar-refractivity contribution is 5.98. The second-order valence-corrected chi connectivity index (χ2v) is 9.88. The third kappa shape index (κ3) is 5.25. The van der Waals surface area contributed by atoms with Crippen molar-refractivity contribution < 1.29 is 14.3 Å². The Morgan fingerprint density at radius 1 is 1.03 bits per heavy atom. The number of nitrogens with zero attached hydrogens (tertiary/aromatic N) is 4. The molecule has 200 valence electrons. The van der Waals surface area contributed by atoms with Crippen LogP contribution in [0.3, 0.4) is 0 Å². The summed E-state index contributed by atoms with van der Waals surface area (Å²) in [6.07, 6.45) is 1.46. The molecular weight excluding hydrogens is 486 g/mol. The number of amides is 1. The van der Waals surface area contributed by atoms with Crippen LogP contribution in [0.15, 0.2) is 52.1 Å². The Morgan fingerprint density at radius 2 is 1.71 bits per heavy atom. The lowest BCUT2D eigenvalue weighted by Crippen LogP contribution is -2.32. The summed E-state index contributed by atoms with van der Waals surface area (Å²) in [6, 6.07) is 11.2. The predicted octanol–water partition coefficient (Wildman–Crippen LogP) is 3.28. The van der Waals surface area contributed by atoms with Gasteiger partial charge < -0.3 is 10.1 Å². The molecule has 2 aromatic carbocycles. The molecule has 4 aromatic rings. The molecule has 0 fully saturated rings. The molecule has 0 unspecified atom stereocenters. The van der Waals surface area contributed by atoms with Gasteiger partial charge in [-0.2, -0.15) is 0 Å². The van der Waals surface area contributed by atoms with Crippen LogP contribution >= 0.6 is 0 Å². The zero-order valence-electron chi connectivity index (χ0n) is 22.4. The number of hydrogen-bond donors (Lipinski definition) is 1. The summed E-state index contributed by atoms with van der Waals surface area (Å²) < 4.78 is 9.00. The number of ketones is 1. The summed E-state index contributed by atoms with van der Waals surface area (Å²) in [6.45, 7) is 8.01. The summed E-state index contributed by atoms with van der Waals surface area (Å²) in [5.41, 5.74) is 0.134. The quantitative estimate of drug-likeness (QED) is 0.322. The normalized spacial score (nSPS) is 12.3. The van der Waals surface area contributed by atoms with Gasteiger partial charge in [-0.1, -0.05) is 20.8 Å². The maximum Gasteiger partial charge on any atom is 0.352 e. The highest BCUT2D eigenvalue weighted by Crippen LogP contribution is 2.16. The molecule has 1 amide bonds. The van der Waals surface area contributed by atoms with Gasteiger partial charge in [0.25, 0.3) is 11.5 Å². The Balaban J connectivity index is 1.87. The van der Waals surface area contributed by atoms with Gasteiger partial charge in [-0.05, 0) is 68.1 Å². The fourth-order valence-electron chi connectivity index (χ4n) is 4.16. The molecule has 2 aromatic heterocycles. The molecule has 38 heavy (non-hydrogen) atoms. The molecule has 0 bridgehead atoms. The maximum atomic E-state index is 13.6.